The summed E-state index contributed by atoms with van der Waals surface area (Å²) < 4.78 is 15.0. The Morgan fingerprint density at radius 2 is 1.91 bits per heavy atom. The van der Waals surface area contributed by atoms with Crippen LogP contribution in [0.25, 0.3) is 0 Å². The third kappa shape index (κ3) is 4.47. The predicted octanol–water partition coefficient (Wildman–Crippen LogP) is 1.58. The van der Waals surface area contributed by atoms with E-state index in [4.69, 9.17) is 13.3 Å². The second-order valence-electron chi connectivity index (χ2n) is 1.83. The van der Waals surface area contributed by atoms with Crippen molar-refractivity contribution in [2.75, 3.05) is 14.2 Å². The molecule has 3 nitrogen and oxygen atoms in total. The van der Waals surface area contributed by atoms with Crippen LogP contribution in [0.2, 0.25) is 0 Å². The summed E-state index contributed by atoms with van der Waals surface area (Å²) in [5.41, 5.74) is 0. The summed E-state index contributed by atoms with van der Waals surface area (Å²) in [5, 5.41) is 0. The Morgan fingerprint density at radius 3 is 2.27 bits per heavy atom. The topological polar surface area (TPSA) is 27.7 Å². The highest BCUT2D eigenvalue weighted by atomic mass is 32.3. The van der Waals surface area contributed by atoms with Gasteiger partial charge in [0.2, 0.25) is 0 Å². The van der Waals surface area contributed by atoms with Gasteiger partial charge in [0, 0.05) is 14.2 Å². The molecule has 0 bridgehead atoms. The molecule has 0 amide bonds. The minimum absolute atomic E-state index is 0.922. The zero-order valence-corrected chi connectivity index (χ0v) is 8.93. The van der Waals surface area contributed by atoms with Crippen molar-refractivity contribution in [3.8, 4) is 0 Å². The van der Waals surface area contributed by atoms with E-state index in [0.717, 1.165) is 6.42 Å². The molecule has 0 aromatic rings. The van der Waals surface area contributed by atoms with Crippen molar-refractivity contribution in [2.45, 2.75) is 13.3 Å². The highest BCUT2D eigenvalue weighted by Crippen LogP contribution is 2.11. The average molecular weight is 194 g/mol. The van der Waals surface area contributed by atoms with E-state index in [1.165, 1.54) is 14.2 Å². The molecule has 0 fully saturated rings. The Morgan fingerprint density at radius 1 is 1.36 bits per heavy atom. The van der Waals surface area contributed by atoms with Crippen molar-refractivity contribution in [3.05, 3.63) is 12.3 Å². The molecule has 0 unspecified atom stereocenters. The second-order valence-corrected chi connectivity index (χ2v) is 5.57. The van der Waals surface area contributed by atoms with Gasteiger partial charge in [0.25, 0.3) is 0 Å². The number of allylic oxidation sites excluding steroid dienone is 1. The van der Waals surface area contributed by atoms with Crippen LogP contribution in [0.3, 0.4) is 0 Å². The van der Waals surface area contributed by atoms with Crippen LogP contribution in [0.1, 0.15) is 13.3 Å². The lowest BCUT2D eigenvalue weighted by molar-refractivity contribution is 0.170. The lowest BCUT2D eigenvalue weighted by Crippen LogP contribution is -2.35. The van der Waals surface area contributed by atoms with Crippen LogP contribution in [-0.4, -0.2) is 22.2 Å². The van der Waals surface area contributed by atoms with Gasteiger partial charge in [0.15, 0.2) is 0 Å². The summed E-state index contributed by atoms with van der Waals surface area (Å²) in [4.78, 5) is 0. The Hall–Kier alpha value is 0.0269. The predicted molar refractivity (Wildman–Crippen MR) is 49.3 cm³/mol. The van der Waals surface area contributed by atoms with E-state index < -0.39 is 7.95 Å². The third-order valence-corrected chi connectivity index (χ3v) is 3.94. The first-order valence-corrected chi connectivity index (χ1v) is 6.35. The average Bonchev–Trinajstić information content (AvgIpc) is 2.05. The highest BCUT2D eigenvalue weighted by molar-refractivity contribution is 8.11. The lowest BCUT2D eigenvalue weighted by Gasteiger charge is -2.18. The standard InChI is InChI=1S/C6H14O3SSi/c1-4-5-6-9-11(10,7-2)8-3/h5-6,10H,4H2,1-3H3. The van der Waals surface area contributed by atoms with Crippen molar-refractivity contribution in [1.29, 1.82) is 0 Å². The molecule has 0 N–H and O–H groups in total. The molecule has 0 aliphatic carbocycles. The van der Waals surface area contributed by atoms with Gasteiger partial charge in [-0.25, -0.2) is 0 Å². The summed E-state index contributed by atoms with van der Waals surface area (Å²) >= 11 is 4.11. The van der Waals surface area contributed by atoms with Crippen molar-refractivity contribution in [2.24, 2.45) is 0 Å². The maximum atomic E-state index is 5.15. The van der Waals surface area contributed by atoms with Gasteiger partial charge in [0.05, 0.1) is 6.26 Å². The summed E-state index contributed by atoms with van der Waals surface area (Å²) in [6, 6.07) is 0. The molecule has 0 saturated carbocycles. The Kier molecular flexibility index (Phi) is 5.66. The molecule has 0 aromatic carbocycles. The number of hydrogen-bond acceptors (Lipinski definition) is 4. The highest BCUT2D eigenvalue weighted by Gasteiger charge is 2.35. The van der Waals surface area contributed by atoms with Gasteiger partial charge in [-0.3, -0.25) is 0 Å². The minimum Gasteiger partial charge on any atom is -0.500 e. The Bertz CT molecular complexity index is 125. The molecule has 0 heterocycles. The quantitative estimate of drug-likeness (QED) is 0.409. The Labute approximate surface area is 73.8 Å². The van der Waals surface area contributed by atoms with Gasteiger partial charge in [-0.2, -0.15) is 0 Å². The fraction of sp³-hybridized carbons (Fsp3) is 0.667. The van der Waals surface area contributed by atoms with Gasteiger partial charge >= 0.3 is 7.95 Å². The first-order chi connectivity index (χ1) is 5.18. The van der Waals surface area contributed by atoms with Crippen LogP contribution in [-0.2, 0) is 13.3 Å². The molecule has 0 atom stereocenters. The van der Waals surface area contributed by atoms with E-state index in [1.807, 2.05) is 13.0 Å². The Balaban J connectivity index is 3.77. The SMILES string of the molecule is CCC=CO[Si](S)(OC)OC. The molecule has 0 radical (unpaired) electrons. The van der Waals surface area contributed by atoms with Gasteiger partial charge in [0.1, 0.15) is 0 Å². The first-order valence-electron chi connectivity index (χ1n) is 3.34. The molecule has 5 heteroatoms. The van der Waals surface area contributed by atoms with E-state index in [9.17, 15) is 0 Å². The number of thiol groups is 1. The van der Waals surface area contributed by atoms with E-state index in [2.05, 4.69) is 12.1 Å². The second kappa shape index (κ2) is 5.65. The van der Waals surface area contributed by atoms with E-state index in [1.54, 1.807) is 6.26 Å². The van der Waals surface area contributed by atoms with Crippen molar-refractivity contribution < 1.29 is 13.3 Å². The fourth-order valence-electron chi connectivity index (χ4n) is 0.410. The molecule has 0 aliphatic rings. The maximum Gasteiger partial charge on any atom is 0.635 e. The van der Waals surface area contributed by atoms with Crippen LogP contribution in [0, 0.1) is 0 Å². The van der Waals surface area contributed by atoms with Crippen LogP contribution in [0.4, 0.5) is 0 Å². The molecule has 11 heavy (non-hydrogen) atoms. The van der Waals surface area contributed by atoms with Crippen molar-refractivity contribution >= 4 is 20.0 Å². The first kappa shape index (κ1) is 11.0. The van der Waals surface area contributed by atoms with E-state index in [-0.39, 0.29) is 0 Å². The minimum atomic E-state index is -2.63. The lowest BCUT2D eigenvalue weighted by atomic mass is 10.5. The van der Waals surface area contributed by atoms with E-state index >= 15 is 0 Å². The van der Waals surface area contributed by atoms with Crippen LogP contribution < -0.4 is 0 Å². The molecule has 0 aliphatic heterocycles. The molecular formula is C6H14O3SSi. The summed E-state index contributed by atoms with van der Waals surface area (Å²) in [5.74, 6) is 0. The molecule has 0 saturated heterocycles. The van der Waals surface area contributed by atoms with E-state index in [0.29, 0.717) is 0 Å². The summed E-state index contributed by atoms with van der Waals surface area (Å²) in [6.07, 6.45) is 4.36. The van der Waals surface area contributed by atoms with Crippen molar-refractivity contribution in [1.82, 2.24) is 0 Å². The number of hydrogen-bond donors (Lipinski definition) is 1. The normalized spacial score (nSPS) is 12.4. The van der Waals surface area contributed by atoms with Crippen LogP contribution in [0.5, 0.6) is 0 Å². The molecule has 0 rings (SSSR count). The van der Waals surface area contributed by atoms with Gasteiger partial charge < -0.3 is 13.3 Å². The summed E-state index contributed by atoms with van der Waals surface area (Å²) in [6.45, 7) is 2.02. The van der Waals surface area contributed by atoms with Gasteiger partial charge in [-0.05, 0) is 6.42 Å². The van der Waals surface area contributed by atoms with Crippen LogP contribution in [0.15, 0.2) is 12.3 Å². The molecular weight excluding hydrogens is 180 g/mol. The fourth-order valence-corrected chi connectivity index (χ4v) is 1.22. The molecule has 66 valence electrons. The largest absolute Gasteiger partial charge is 0.635 e. The zero-order chi connectivity index (χ0) is 8.74. The zero-order valence-electron chi connectivity index (χ0n) is 7.03. The third-order valence-electron chi connectivity index (χ3n) is 1.06. The van der Waals surface area contributed by atoms with Crippen LogP contribution >= 0.6 is 12.1 Å². The maximum absolute atomic E-state index is 5.15. The molecule has 0 spiro atoms. The monoisotopic (exact) mass is 194 g/mol. The molecule has 0 aromatic heterocycles. The van der Waals surface area contributed by atoms with Crippen molar-refractivity contribution in [3.63, 3.8) is 0 Å². The smallest absolute Gasteiger partial charge is 0.500 e. The van der Waals surface area contributed by atoms with Gasteiger partial charge in [-0.15, -0.1) is 12.1 Å². The summed E-state index contributed by atoms with van der Waals surface area (Å²) in [7, 11) is 0.406. The van der Waals surface area contributed by atoms with Gasteiger partial charge in [-0.1, -0.05) is 13.0 Å². The number of rotatable bonds is 5.